The summed E-state index contributed by atoms with van der Waals surface area (Å²) in [6, 6.07) is 15.8. The number of hydrogen-bond acceptors (Lipinski definition) is 5. The van der Waals surface area contributed by atoms with E-state index >= 15 is 0 Å². The van der Waals surface area contributed by atoms with Gasteiger partial charge >= 0.3 is 0 Å². The van der Waals surface area contributed by atoms with E-state index in [2.05, 4.69) is 10.6 Å². The van der Waals surface area contributed by atoms with Crippen LogP contribution in [-0.4, -0.2) is 51.3 Å². The van der Waals surface area contributed by atoms with E-state index in [9.17, 15) is 18.0 Å². The van der Waals surface area contributed by atoms with Gasteiger partial charge in [0.1, 0.15) is 5.75 Å². The molecule has 0 saturated carbocycles. The summed E-state index contributed by atoms with van der Waals surface area (Å²) < 4.78 is 32.3. The zero-order valence-corrected chi connectivity index (χ0v) is 18.9. The number of nitrogens with one attached hydrogen (secondary N) is 2. The second-order valence-electron chi connectivity index (χ2n) is 7.68. The molecule has 0 unspecified atom stereocenters. The van der Waals surface area contributed by atoms with E-state index in [1.54, 1.807) is 12.1 Å². The van der Waals surface area contributed by atoms with Crippen molar-refractivity contribution >= 4 is 21.8 Å². The molecule has 1 aliphatic rings. The van der Waals surface area contributed by atoms with Gasteiger partial charge in [-0.2, -0.15) is 4.31 Å². The first-order valence-electron chi connectivity index (χ1n) is 10.6. The summed E-state index contributed by atoms with van der Waals surface area (Å²) in [6.45, 7) is 1.15. The number of nitrogens with zero attached hydrogens (tertiary/aromatic N) is 1. The molecule has 2 aromatic carbocycles. The predicted molar refractivity (Wildman–Crippen MR) is 120 cm³/mol. The van der Waals surface area contributed by atoms with Crippen LogP contribution < -0.4 is 15.4 Å². The minimum absolute atomic E-state index is 0.125. The van der Waals surface area contributed by atoms with Crippen molar-refractivity contribution in [3.05, 3.63) is 60.2 Å². The van der Waals surface area contributed by atoms with Crippen LogP contribution in [0.1, 0.15) is 24.8 Å². The van der Waals surface area contributed by atoms with E-state index < -0.39 is 15.9 Å². The minimum atomic E-state index is -3.69. The van der Waals surface area contributed by atoms with Gasteiger partial charge in [0.05, 0.1) is 17.9 Å². The van der Waals surface area contributed by atoms with Crippen molar-refractivity contribution in [3.8, 4) is 5.75 Å². The van der Waals surface area contributed by atoms with Crippen LogP contribution in [0.5, 0.6) is 5.75 Å². The molecule has 1 atom stereocenters. The van der Waals surface area contributed by atoms with Crippen LogP contribution in [0.15, 0.2) is 59.5 Å². The van der Waals surface area contributed by atoms with Gasteiger partial charge in [-0.1, -0.05) is 30.3 Å². The third kappa shape index (κ3) is 6.30. The molecule has 0 spiro atoms. The minimum Gasteiger partial charge on any atom is -0.497 e. The van der Waals surface area contributed by atoms with E-state index in [1.807, 2.05) is 30.3 Å². The van der Waals surface area contributed by atoms with E-state index in [0.29, 0.717) is 31.7 Å². The maximum atomic E-state index is 12.9. The molecule has 2 amide bonds. The van der Waals surface area contributed by atoms with Gasteiger partial charge < -0.3 is 15.4 Å². The molecule has 1 fully saturated rings. The lowest BCUT2D eigenvalue weighted by Gasteiger charge is -2.31. The number of methoxy groups -OCH3 is 1. The van der Waals surface area contributed by atoms with Crippen molar-refractivity contribution in [1.82, 2.24) is 14.9 Å². The molecule has 9 heteroatoms. The summed E-state index contributed by atoms with van der Waals surface area (Å²) >= 11 is 0. The van der Waals surface area contributed by atoms with Crippen LogP contribution in [0.2, 0.25) is 0 Å². The van der Waals surface area contributed by atoms with Crippen LogP contribution in [-0.2, 0) is 26.2 Å². The molecule has 1 heterocycles. The van der Waals surface area contributed by atoms with Gasteiger partial charge in [-0.15, -0.1) is 0 Å². The SMILES string of the molecule is COc1ccc(S(=O)(=O)N2CCC[C@H](C(=O)NCCC(=O)NCc3ccccc3)C2)cc1. The Bertz CT molecular complexity index is 1010. The summed E-state index contributed by atoms with van der Waals surface area (Å²) in [4.78, 5) is 24.7. The maximum absolute atomic E-state index is 12.9. The first-order valence-corrected chi connectivity index (χ1v) is 12.1. The highest BCUT2D eigenvalue weighted by atomic mass is 32.2. The van der Waals surface area contributed by atoms with Crippen LogP contribution >= 0.6 is 0 Å². The molecule has 8 nitrogen and oxygen atoms in total. The Labute approximate surface area is 189 Å². The first-order chi connectivity index (χ1) is 15.4. The van der Waals surface area contributed by atoms with Gasteiger partial charge in [-0.25, -0.2) is 8.42 Å². The van der Waals surface area contributed by atoms with Crippen molar-refractivity contribution in [2.75, 3.05) is 26.7 Å². The number of ether oxygens (including phenoxy) is 1. The number of benzene rings is 2. The molecule has 1 aliphatic heterocycles. The Kier molecular flexibility index (Phi) is 8.24. The Balaban J connectivity index is 1.46. The highest BCUT2D eigenvalue weighted by Gasteiger charge is 2.33. The van der Waals surface area contributed by atoms with Gasteiger partial charge in [0.2, 0.25) is 21.8 Å². The lowest BCUT2D eigenvalue weighted by atomic mass is 9.99. The number of carbonyl (C=O) groups is 2. The smallest absolute Gasteiger partial charge is 0.243 e. The van der Waals surface area contributed by atoms with Crippen LogP contribution in [0.25, 0.3) is 0 Å². The van der Waals surface area contributed by atoms with Crippen molar-refractivity contribution in [2.45, 2.75) is 30.7 Å². The third-order valence-corrected chi connectivity index (χ3v) is 7.32. The van der Waals surface area contributed by atoms with Crippen molar-refractivity contribution in [2.24, 2.45) is 5.92 Å². The molecule has 0 bridgehead atoms. The van der Waals surface area contributed by atoms with Crippen LogP contribution in [0.3, 0.4) is 0 Å². The highest BCUT2D eigenvalue weighted by Crippen LogP contribution is 2.25. The lowest BCUT2D eigenvalue weighted by molar-refractivity contribution is -0.126. The summed E-state index contributed by atoms with van der Waals surface area (Å²) in [6.07, 6.45) is 1.38. The monoisotopic (exact) mass is 459 g/mol. The number of carbonyl (C=O) groups excluding carboxylic acids is 2. The predicted octanol–water partition coefficient (Wildman–Crippen LogP) is 1.92. The van der Waals surface area contributed by atoms with Gasteiger partial charge in [0.25, 0.3) is 0 Å². The van der Waals surface area contributed by atoms with Crippen LogP contribution in [0, 0.1) is 5.92 Å². The average Bonchev–Trinajstić information content (AvgIpc) is 2.83. The topological polar surface area (TPSA) is 105 Å². The van der Waals surface area contributed by atoms with Crippen LogP contribution in [0.4, 0.5) is 0 Å². The number of sulfonamides is 1. The fourth-order valence-corrected chi connectivity index (χ4v) is 5.12. The summed E-state index contributed by atoms with van der Waals surface area (Å²) in [5.74, 6) is -0.242. The number of hydrogen-bond donors (Lipinski definition) is 2. The molecule has 32 heavy (non-hydrogen) atoms. The maximum Gasteiger partial charge on any atom is 0.243 e. The van der Waals surface area contributed by atoms with E-state index in [1.165, 1.54) is 23.5 Å². The molecule has 1 saturated heterocycles. The van der Waals surface area contributed by atoms with Crippen molar-refractivity contribution < 1.29 is 22.7 Å². The third-order valence-electron chi connectivity index (χ3n) is 5.44. The van der Waals surface area contributed by atoms with Gasteiger partial charge in [0, 0.05) is 32.6 Å². The number of amides is 2. The van der Waals surface area contributed by atoms with E-state index in [4.69, 9.17) is 4.74 Å². The zero-order chi connectivity index (χ0) is 23.0. The molecule has 3 rings (SSSR count). The van der Waals surface area contributed by atoms with E-state index in [-0.39, 0.29) is 36.2 Å². The fourth-order valence-electron chi connectivity index (χ4n) is 3.60. The Morgan fingerprint density at radius 1 is 1.06 bits per heavy atom. The molecule has 172 valence electrons. The largest absolute Gasteiger partial charge is 0.497 e. The molecule has 0 radical (unpaired) electrons. The van der Waals surface area contributed by atoms with Crippen molar-refractivity contribution in [3.63, 3.8) is 0 Å². The van der Waals surface area contributed by atoms with E-state index in [0.717, 1.165) is 5.56 Å². The molecule has 0 aliphatic carbocycles. The molecule has 2 N–H and O–H groups in total. The molecule has 2 aromatic rings. The summed E-state index contributed by atoms with van der Waals surface area (Å²) in [5, 5.41) is 5.59. The fraction of sp³-hybridized carbons (Fsp3) is 0.391. The first kappa shape index (κ1) is 23.7. The van der Waals surface area contributed by atoms with Crippen molar-refractivity contribution in [1.29, 1.82) is 0 Å². The summed E-state index contributed by atoms with van der Waals surface area (Å²) in [5.41, 5.74) is 1.00. The Morgan fingerprint density at radius 2 is 1.78 bits per heavy atom. The number of rotatable bonds is 9. The molecule has 0 aromatic heterocycles. The standard InChI is InChI=1S/C23H29N3O5S/c1-31-20-9-11-21(12-10-20)32(29,30)26-15-5-8-19(17-26)23(28)24-14-13-22(27)25-16-18-6-3-2-4-7-18/h2-4,6-7,9-12,19H,5,8,13-17H2,1H3,(H,24,28)(H,25,27)/t19-/m0/s1. The Hall–Kier alpha value is -2.91. The second-order valence-corrected chi connectivity index (χ2v) is 9.62. The molecular weight excluding hydrogens is 430 g/mol. The highest BCUT2D eigenvalue weighted by molar-refractivity contribution is 7.89. The number of piperidine rings is 1. The van der Waals surface area contributed by atoms with Gasteiger partial charge in [-0.3, -0.25) is 9.59 Å². The second kappa shape index (κ2) is 11.1. The van der Waals surface area contributed by atoms with Gasteiger partial charge in [0.15, 0.2) is 0 Å². The quantitative estimate of drug-likeness (QED) is 0.596. The zero-order valence-electron chi connectivity index (χ0n) is 18.1. The molecular formula is C23H29N3O5S. The lowest BCUT2D eigenvalue weighted by Crippen LogP contribution is -2.45. The normalized spacial score (nSPS) is 16.8. The Morgan fingerprint density at radius 3 is 2.47 bits per heavy atom. The van der Waals surface area contributed by atoms with Gasteiger partial charge in [-0.05, 0) is 42.7 Å². The summed E-state index contributed by atoms with van der Waals surface area (Å²) in [7, 11) is -2.17. The average molecular weight is 460 g/mol.